The van der Waals surface area contributed by atoms with Crippen LogP contribution in [0.25, 0.3) is 11.0 Å². The predicted molar refractivity (Wildman–Crippen MR) is 68.6 cm³/mol. The fraction of sp³-hybridized carbons (Fsp3) is 0.0667. The van der Waals surface area contributed by atoms with Gasteiger partial charge in [-0.15, -0.1) is 0 Å². The minimum absolute atomic E-state index is 0.0504. The lowest BCUT2D eigenvalue weighted by molar-refractivity contribution is 0.103. The van der Waals surface area contributed by atoms with E-state index in [2.05, 4.69) is 4.98 Å². The van der Waals surface area contributed by atoms with E-state index >= 15 is 0 Å². The Morgan fingerprint density at radius 3 is 2.83 bits per heavy atom. The zero-order chi connectivity index (χ0) is 12.5. The van der Waals surface area contributed by atoms with Gasteiger partial charge in [0, 0.05) is 23.3 Å². The molecule has 0 N–H and O–H groups in total. The van der Waals surface area contributed by atoms with Gasteiger partial charge in [-0.2, -0.15) is 0 Å². The van der Waals surface area contributed by atoms with Crippen molar-refractivity contribution in [3.05, 3.63) is 65.7 Å². The van der Waals surface area contributed by atoms with Crippen LogP contribution in [-0.2, 0) is 0 Å². The molecule has 2 aromatic heterocycles. The molecule has 3 nitrogen and oxygen atoms in total. The molecule has 88 valence electrons. The van der Waals surface area contributed by atoms with Gasteiger partial charge in [-0.25, -0.2) is 0 Å². The monoisotopic (exact) mass is 237 g/mol. The van der Waals surface area contributed by atoms with Crippen molar-refractivity contribution in [2.75, 3.05) is 0 Å². The van der Waals surface area contributed by atoms with Crippen molar-refractivity contribution in [1.29, 1.82) is 0 Å². The number of para-hydroxylation sites is 1. The molecule has 3 rings (SSSR count). The van der Waals surface area contributed by atoms with E-state index in [0.29, 0.717) is 11.1 Å². The first-order chi connectivity index (χ1) is 8.77. The number of aryl methyl sites for hydroxylation is 1. The number of hydrogen-bond acceptors (Lipinski definition) is 3. The smallest absolute Gasteiger partial charge is 0.198 e. The van der Waals surface area contributed by atoms with E-state index in [9.17, 15) is 4.79 Å². The molecule has 0 spiro atoms. The molecule has 3 aromatic rings. The minimum Gasteiger partial charge on any atom is -0.464 e. The largest absolute Gasteiger partial charge is 0.464 e. The summed E-state index contributed by atoms with van der Waals surface area (Å²) in [5.74, 6) is -0.0504. The van der Waals surface area contributed by atoms with E-state index in [1.165, 1.54) is 6.26 Å². The Labute approximate surface area is 104 Å². The SMILES string of the molecule is Cc1ccncc1C(=O)c1coc2ccccc12. The number of benzene rings is 1. The summed E-state index contributed by atoms with van der Waals surface area (Å²) in [5, 5.41) is 0.839. The molecule has 0 fully saturated rings. The third kappa shape index (κ3) is 1.61. The van der Waals surface area contributed by atoms with Gasteiger partial charge in [0.1, 0.15) is 11.8 Å². The Morgan fingerprint density at radius 1 is 1.17 bits per heavy atom. The molecular weight excluding hydrogens is 226 g/mol. The quantitative estimate of drug-likeness (QED) is 0.642. The van der Waals surface area contributed by atoms with Crippen molar-refractivity contribution >= 4 is 16.8 Å². The number of rotatable bonds is 2. The Kier molecular flexibility index (Phi) is 2.45. The van der Waals surface area contributed by atoms with Gasteiger partial charge < -0.3 is 4.42 Å². The maximum Gasteiger partial charge on any atom is 0.198 e. The number of ketones is 1. The molecule has 0 saturated carbocycles. The summed E-state index contributed by atoms with van der Waals surface area (Å²) in [6.45, 7) is 1.90. The standard InChI is InChI=1S/C15H11NO2/c1-10-6-7-16-8-12(10)15(17)13-9-18-14-5-3-2-4-11(13)14/h2-9H,1H3. The molecule has 0 amide bonds. The van der Waals surface area contributed by atoms with E-state index in [1.807, 2.05) is 37.3 Å². The summed E-state index contributed by atoms with van der Waals surface area (Å²) in [6, 6.07) is 9.34. The van der Waals surface area contributed by atoms with Crippen LogP contribution in [0.2, 0.25) is 0 Å². The zero-order valence-electron chi connectivity index (χ0n) is 9.88. The molecule has 0 bridgehead atoms. The average molecular weight is 237 g/mol. The number of aromatic nitrogens is 1. The van der Waals surface area contributed by atoms with Gasteiger partial charge in [-0.3, -0.25) is 9.78 Å². The molecule has 0 aliphatic carbocycles. The van der Waals surface area contributed by atoms with Crippen LogP contribution < -0.4 is 0 Å². The third-order valence-electron chi connectivity index (χ3n) is 3.01. The highest BCUT2D eigenvalue weighted by Crippen LogP contribution is 2.23. The van der Waals surface area contributed by atoms with Crippen LogP contribution in [0, 0.1) is 6.92 Å². The van der Waals surface area contributed by atoms with Crippen LogP contribution in [0.3, 0.4) is 0 Å². The van der Waals surface area contributed by atoms with Crippen LogP contribution in [0.15, 0.2) is 53.4 Å². The lowest BCUT2D eigenvalue weighted by atomic mass is 10.0. The van der Waals surface area contributed by atoms with Crippen molar-refractivity contribution < 1.29 is 9.21 Å². The molecule has 3 heteroatoms. The first-order valence-electron chi connectivity index (χ1n) is 5.69. The Hall–Kier alpha value is -2.42. The number of carbonyl (C=O) groups excluding carboxylic acids is 1. The van der Waals surface area contributed by atoms with Gasteiger partial charge in [0.15, 0.2) is 5.78 Å². The van der Waals surface area contributed by atoms with Gasteiger partial charge in [0.2, 0.25) is 0 Å². The minimum atomic E-state index is -0.0504. The summed E-state index contributed by atoms with van der Waals surface area (Å²) in [4.78, 5) is 16.4. The molecule has 0 saturated heterocycles. The molecule has 1 aromatic carbocycles. The highest BCUT2D eigenvalue weighted by Gasteiger charge is 2.16. The van der Waals surface area contributed by atoms with E-state index < -0.39 is 0 Å². The first-order valence-corrected chi connectivity index (χ1v) is 5.69. The summed E-state index contributed by atoms with van der Waals surface area (Å²) in [7, 11) is 0. The molecule has 0 aliphatic rings. The molecule has 0 atom stereocenters. The Morgan fingerprint density at radius 2 is 2.00 bits per heavy atom. The van der Waals surface area contributed by atoms with Crippen LogP contribution in [0.5, 0.6) is 0 Å². The van der Waals surface area contributed by atoms with Crippen LogP contribution in [0.1, 0.15) is 21.5 Å². The number of fused-ring (bicyclic) bond motifs is 1. The van der Waals surface area contributed by atoms with Gasteiger partial charge in [-0.1, -0.05) is 18.2 Å². The van der Waals surface area contributed by atoms with Crippen molar-refractivity contribution in [3.8, 4) is 0 Å². The third-order valence-corrected chi connectivity index (χ3v) is 3.01. The molecule has 18 heavy (non-hydrogen) atoms. The summed E-state index contributed by atoms with van der Waals surface area (Å²) in [5.41, 5.74) is 2.84. The van der Waals surface area contributed by atoms with Crippen molar-refractivity contribution in [3.63, 3.8) is 0 Å². The van der Waals surface area contributed by atoms with Crippen molar-refractivity contribution in [1.82, 2.24) is 4.98 Å². The fourth-order valence-corrected chi connectivity index (χ4v) is 2.00. The number of furan rings is 1. The van der Waals surface area contributed by atoms with Gasteiger partial charge in [-0.05, 0) is 24.6 Å². The van der Waals surface area contributed by atoms with Gasteiger partial charge >= 0.3 is 0 Å². The maximum absolute atomic E-state index is 12.4. The van der Waals surface area contributed by atoms with E-state index in [-0.39, 0.29) is 5.78 Å². The second-order valence-corrected chi connectivity index (χ2v) is 4.17. The first kappa shape index (κ1) is 10.7. The van der Waals surface area contributed by atoms with Gasteiger partial charge in [0.25, 0.3) is 0 Å². The van der Waals surface area contributed by atoms with E-state index in [0.717, 1.165) is 16.5 Å². The highest BCUT2D eigenvalue weighted by molar-refractivity contribution is 6.16. The van der Waals surface area contributed by atoms with E-state index in [4.69, 9.17) is 4.42 Å². The van der Waals surface area contributed by atoms with Crippen LogP contribution >= 0.6 is 0 Å². The van der Waals surface area contributed by atoms with Crippen molar-refractivity contribution in [2.24, 2.45) is 0 Å². The number of carbonyl (C=O) groups is 1. The Balaban J connectivity index is 2.16. The summed E-state index contributed by atoms with van der Waals surface area (Å²) >= 11 is 0. The highest BCUT2D eigenvalue weighted by atomic mass is 16.3. The summed E-state index contributed by atoms with van der Waals surface area (Å²) < 4.78 is 5.39. The lowest BCUT2D eigenvalue weighted by Crippen LogP contribution is -2.03. The second-order valence-electron chi connectivity index (χ2n) is 4.17. The maximum atomic E-state index is 12.4. The zero-order valence-corrected chi connectivity index (χ0v) is 9.88. The molecular formula is C15H11NO2. The van der Waals surface area contributed by atoms with Crippen LogP contribution in [0.4, 0.5) is 0 Å². The summed E-state index contributed by atoms with van der Waals surface area (Å²) in [6.07, 6.45) is 4.79. The molecule has 2 heterocycles. The lowest BCUT2D eigenvalue weighted by Gasteiger charge is -2.01. The average Bonchev–Trinajstić information content (AvgIpc) is 2.82. The molecule has 0 radical (unpaired) electrons. The topological polar surface area (TPSA) is 43.1 Å². The predicted octanol–water partition coefficient (Wildman–Crippen LogP) is 3.37. The number of hydrogen-bond donors (Lipinski definition) is 0. The van der Waals surface area contributed by atoms with Crippen molar-refractivity contribution in [2.45, 2.75) is 6.92 Å². The number of pyridine rings is 1. The Bertz CT molecular complexity index is 728. The van der Waals surface area contributed by atoms with E-state index in [1.54, 1.807) is 12.4 Å². The van der Waals surface area contributed by atoms with Crippen LogP contribution in [-0.4, -0.2) is 10.8 Å². The molecule has 0 aliphatic heterocycles. The second kappa shape index (κ2) is 4.11. The normalized spacial score (nSPS) is 10.7. The molecule has 0 unspecified atom stereocenters. The number of nitrogens with zero attached hydrogens (tertiary/aromatic N) is 1. The van der Waals surface area contributed by atoms with Gasteiger partial charge in [0.05, 0.1) is 5.56 Å². The fourth-order valence-electron chi connectivity index (χ4n) is 2.00.